The molecule has 0 bridgehead atoms. The number of anilines is 6. The summed E-state index contributed by atoms with van der Waals surface area (Å²) in [5.41, 5.74) is 49.3. The van der Waals surface area contributed by atoms with Gasteiger partial charge < -0.3 is 53.8 Å². The molecule has 13 N–H and O–H groups in total. The van der Waals surface area contributed by atoms with E-state index in [1.165, 1.54) is 38.2 Å². The van der Waals surface area contributed by atoms with Crippen molar-refractivity contribution in [3.63, 3.8) is 0 Å². The summed E-state index contributed by atoms with van der Waals surface area (Å²) in [7, 11) is 2.47. The third-order valence-electron chi connectivity index (χ3n) is 21.6. The number of hydrogen-bond donors (Lipinski definition) is 9. The predicted octanol–water partition coefficient (Wildman–Crippen LogP) is 21.4. The first kappa shape index (κ1) is 118. The monoisotopic (exact) mass is 2020 g/mol. The zero-order chi connectivity index (χ0) is 107. The van der Waals surface area contributed by atoms with Crippen LogP contribution in [0.5, 0.6) is 5.75 Å². The summed E-state index contributed by atoms with van der Waals surface area (Å²) in [6.45, 7) is 35.9. The molecule has 14 rings (SSSR count). The number of nitrogen functional groups attached to an aromatic ring is 3. The van der Waals surface area contributed by atoms with Gasteiger partial charge in [-0.2, -0.15) is 0 Å². The molecule has 0 atom stereocenters. The number of likely N-dealkylation sites (N-methyl/N-ethyl adjacent to an activating group) is 1. The molecule has 0 radical (unpaired) electrons. The summed E-state index contributed by atoms with van der Waals surface area (Å²) in [5.74, 6) is -0.337. The Morgan fingerprint density at radius 2 is 0.814 bits per heavy atom. The van der Waals surface area contributed by atoms with Gasteiger partial charge in [0, 0.05) is 101 Å². The van der Waals surface area contributed by atoms with Crippen LogP contribution in [0.4, 0.5) is 73.9 Å². The van der Waals surface area contributed by atoms with Crippen molar-refractivity contribution in [3.05, 3.63) is 330 Å². The Bertz CT molecular complexity index is 7000. The number of amides is 2. The van der Waals surface area contributed by atoms with Crippen LogP contribution < -0.4 is 53.4 Å². The lowest BCUT2D eigenvalue weighted by Crippen LogP contribution is -2.34. The number of hydrogen-bond acceptors (Lipinski definition) is 26. The van der Waals surface area contributed by atoms with E-state index in [-0.39, 0.29) is 59.7 Å². The van der Waals surface area contributed by atoms with Gasteiger partial charge in [0.2, 0.25) is 21.8 Å². The standard InChI is InChI=1S/C19H26N4O3S.C17H18ClN3O2.C17H19N3O2.C15H15NO2.C14H13ClN2O.2C14H14N2O.C2H6.CH4/c1-5-23(9-8-21-27(4,25)26)15-6-7-17(13(2)10-15)22-18-11-14(3)19(24)12-16(18)20;1-10-7-14(15(9-17(10)23)19-11(2)22)20-12-5-6-16(21(3)4)13(18)8-12;1-10-7-13(18-4)5-6-14(10)20-15-8-11(2)17(22)9-16(15)19-12(3)21;1-9-6-12(4-5-14(9)17)16-13-7-10(2)15(18)11(3)8-13;1-8-5-11(6-9(2)14(8)18)17-13-4-3-10(16)7-12(13)15;1-9-8-14(17)10(2)7-13(9)16-12-5-3-11(15)4-6-12;1-9-7-13(8-10(2)14(9)17)16-12-5-3-11(15)4-6-12;1-2;/h6-7,10-12,21H,5,8-9,20H2,1-4H3;5-9H,1-4H3,(H,19,22);5-9,18H,1-4H3,(H,19,21);4-8,18H,1-3H3;3-7H,16H2,1-2H3;2*3-8H,15H2,1-2H3;1-2H3;1H4. The summed E-state index contributed by atoms with van der Waals surface area (Å²) in [4.78, 5) is 139. The number of nitrogens with zero attached hydrogens (tertiary/aromatic N) is 9. The number of nitrogens with one attached hydrogen (secondary N) is 4. The second kappa shape index (κ2) is 54.9. The van der Waals surface area contributed by atoms with Gasteiger partial charge in [0.1, 0.15) is 5.75 Å². The van der Waals surface area contributed by atoms with Crippen LogP contribution in [0.1, 0.15) is 134 Å². The minimum Gasteiger partial charge on any atom is -0.507 e. The Morgan fingerprint density at radius 3 is 1.28 bits per heavy atom. The highest BCUT2D eigenvalue weighted by atomic mass is 35.5. The Kier molecular flexibility index (Phi) is 44.6. The molecular formula is C113H129Cl2N17O12S. The third kappa shape index (κ3) is 36.5. The lowest BCUT2D eigenvalue weighted by atomic mass is 9.98. The van der Waals surface area contributed by atoms with Crippen LogP contribution in [0, 0.1) is 27.7 Å². The zero-order valence-corrected chi connectivity index (χ0v) is 87.7. The predicted molar refractivity (Wildman–Crippen MR) is 599 cm³/mol. The van der Waals surface area contributed by atoms with Gasteiger partial charge in [0.25, 0.3) is 0 Å². The van der Waals surface area contributed by atoms with Crippen LogP contribution in [0.2, 0.25) is 10.0 Å². The van der Waals surface area contributed by atoms with E-state index >= 15 is 0 Å². The van der Waals surface area contributed by atoms with Gasteiger partial charge in [0.05, 0.1) is 119 Å². The number of phenols is 1. The van der Waals surface area contributed by atoms with E-state index in [1.54, 1.807) is 159 Å². The molecular weight excluding hydrogens is 1890 g/mol. The first-order chi connectivity index (χ1) is 67.8. The minimum absolute atomic E-state index is 0. The van der Waals surface area contributed by atoms with E-state index < -0.39 is 10.0 Å². The van der Waals surface area contributed by atoms with Crippen LogP contribution in [0.15, 0.2) is 332 Å². The third-order valence-corrected chi connectivity index (χ3v) is 23.0. The topological polar surface area (TPSA) is 453 Å². The molecule has 0 aromatic heterocycles. The number of aryl methyl sites for hydroxylation is 4. The fraction of sp³-hybridized carbons (Fsp3) is 0.239. The number of sulfonamides is 1. The highest BCUT2D eigenvalue weighted by Gasteiger charge is 2.23. The van der Waals surface area contributed by atoms with Gasteiger partial charge in [-0.3, -0.25) is 43.2 Å². The van der Waals surface area contributed by atoms with Crippen molar-refractivity contribution in [2.45, 2.75) is 139 Å². The SMILES string of the molecule is C.CC.CC(=O)NC1=CC(=O)C(C)=CC1=Nc1ccc(N(C)C)c(Cl)c1.CC1=CC(=Nc2cc(C)c(O)c(C)c2)C=CC1=O.CC1=CC(=Nc2ccc(N)cc2)C(C)=CC1=O.CC1=CC(=Nc2ccc(N)cc2)C=C(C)C1=O.CC1=CC(=Nc2ccc(N)cc2Cl)C=C(C)C1=O.CCN(CCNS(C)(=O)=O)c1ccc(N=C2C=C(C)C(=O)C=C2N)c(C)c1.CNc1ccc(N=C2C=C(C)C(=O)C=C2NC(C)=O)c(C)c1. The second-order valence-electron chi connectivity index (χ2n) is 34.1. The average Bonchev–Trinajstić information content (AvgIpc) is 0.821. The fourth-order valence-electron chi connectivity index (χ4n) is 13.8. The smallest absolute Gasteiger partial charge is 0.221 e. The molecule has 0 fully saturated rings. The Balaban J connectivity index is 0.000000259. The molecule has 7 aliphatic rings. The molecule has 0 unspecified atom stereocenters. The van der Waals surface area contributed by atoms with Crippen LogP contribution in [0.3, 0.4) is 0 Å². The van der Waals surface area contributed by atoms with E-state index in [0.717, 1.165) is 120 Å². The van der Waals surface area contributed by atoms with E-state index in [2.05, 4.69) is 60.5 Å². The summed E-state index contributed by atoms with van der Waals surface area (Å²) < 4.78 is 24.9. The van der Waals surface area contributed by atoms with Gasteiger partial charge in [-0.05, 0) is 388 Å². The van der Waals surface area contributed by atoms with Crippen molar-refractivity contribution in [3.8, 4) is 5.75 Å². The maximum Gasteiger partial charge on any atom is 0.221 e. The Hall–Kier alpha value is -15.9. The largest absolute Gasteiger partial charge is 0.507 e. The molecule has 2 amide bonds. The average molecular weight is 2020 g/mol. The normalized spacial score (nSPS) is 16.0. The van der Waals surface area contributed by atoms with Crippen molar-refractivity contribution in [1.29, 1.82) is 0 Å². The van der Waals surface area contributed by atoms with Crippen molar-refractivity contribution < 1.29 is 56.7 Å². The van der Waals surface area contributed by atoms with Gasteiger partial charge in [-0.15, -0.1) is 0 Å². The molecule has 7 aromatic rings. The number of carbonyl (C=O) groups is 9. The van der Waals surface area contributed by atoms with Crippen molar-refractivity contribution in [1.82, 2.24) is 15.4 Å². The van der Waals surface area contributed by atoms with Crippen molar-refractivity contribution in [2.75, 3.05) is 79.4 Å². The minimum atomic E-state index is -3.20. The summed E-state index contributed by atoms with van der Waals surface area (Å²) >= 11 is 12.3. The Labute approximate surface area is 860 Å². The van der Waals surface area contributed by atoms with Crippen molar-refractivity contribution >= 4 is 199 Å². The van der Waals surface area contributed by atoms with Crippen LogP contribution in [-0.2, 0) is 53.2 Å². The molecule has 7 aliphatic carbocycles. The van der Waals surface area contributed by atoms with E-state index in [4.69, 9.17) is 46.1 Å². The van der Waals surface area contributed by atoms with Crippen molar-refractivity contribution in [2.24, 2.45) is 40.7 Å². The number of allylic oxidation sites excluding steroid dienone is 25. The number of nitrogens with two attached hydrogens (primary N) is 4. The van der Waals surface area contributed by atoms with E-state index in [9.17, 15) is 56.7 Å². The maximum absolute atomic E-state index is 11.8. The van der Waals surface area contributed by atoms with Gasteiger partial charge >= 0.3 is 0 Å². The number of ketones is 7. The number of aliphatic imine (C=N–C) groups is 7. The van der Waals surface area contributed by atoms with Crippen LogP contribution in [0.25, 0.3) is 0 Å². The molecule has 0 heterocycles. The molecule has 145 heavy (non-hydrogen) atoms. The van der Waals surface area contributed by atoms with Gasteiger partial charge in [-0.1, -0.05) is 44.5 Å². The number of Topliss-reactive ketones (excluding diaryl/α,β-unsaturated/α-hetero) is 2. The fourth-order valence-corrected chi connectivity index (χ4v) is 14.9. The molecule has 0 saturated carbocycles. The summed E-state index contributed by atoms with van der Waals surface area (Å²) in [6.07, 6.45) is 25.9. The Morgan fingerprint density at radius 1 is 0.400 bits per heavy atom. The van der Waals surface area contributed by atoms with Gasteiger partial charge in [-0.25, -0.2) is 48.1 Å². The molecule has 0 saturated heterocycles. The highest BCUT2D eigenvalue weighted by molar-refractivity contribution is 7.88. The lowest BCUT2D eigenvalue weighted by molar-refractivity contribution is -0.119. The summed E-state index contributed by atoms with van der Waals surface area (Å²) in [6, 6.07) is 40.6. The first-order valence-corrected chi connectivity index (χ1v) is 48.5. The zero-order valence-electron chi connectivity index (χ0n) is 85.4. The second-order valence-corrected chi connectivity index (χ2v) is 36.7. The molecule has 0 spiro atoms. The molecule has 29 nitrogen and oxygen atoms in total. The van der Waals surface area contributed by atoms with Gasteiger partial charge in [0.15, 0.2) is 40.5 Å². The molecule has 758 valence electrons. The number of carbonyl (C=O) groups excluding carboxylic acids is 9. The number of phenolic OH excluding ortho intramolecular Hbond substituents is 1. The molecule has 32 heteroatoms. The number of benzene rings is 7. The van der Waals surface area contributed by atoms with Crippen LogP contribution >= 0.6 is 23.2 Å². The van der Waals surface area contributed by atoms with E-state index in [1.807, 2.05) is 185 Å². The number of halogens is 2. The first-order valence-electron chi connectivity index (χ1n) is 45.9. The number of aromatic hydroxyl groups is 1. The van der Waals surface area contributed by atoms with Crippen LogP contribution in [-0.4, -0.2) is 153 Å². The highest BCUT2D eigenvalue weighted by Crippen LogP contribution is 2.35. The summed E-state index contributed by atoms with van der Waals surface area (Å²) in [5, 5.41) is 19.1. The quantitative estimate of drug-likeness (QED) is 0.0302. The number of rotatable bonds is 17. The molecule has 7 aromatic carbocycles. The lowest BCUT2D eigenvalue weighted by Gasteiger charge is -2.24. The maximum atomic E-state index is 11.8. The molecule has 0 aliphatic heterocycles. The van der Waals surface area contributed by atoms with E-state index in [0.29, 0.717) is 131 Å².